The van der Waals surface area contributed by atoms with Crippen molar-refractivity contribution in [1.29, 1.82) is 0 Å². The number of hydrogen-bond acceptors (Lipinski definition) is 2. The molecule has 1 unspecified atom stereocenters. The molecule has 0 aliphatic carbocycles. The number of fused-ring (bicyclic) bond motifs is 1. The summed E-state index contributed by atoms with van der Waals surface area (Å²) >= 11 is 0. The van der Waals surface area contributed by atoms with Crippen LogP contribution in [-0.4, -0.2) is 11.4 Å². The SMILES string of the molecule is CC1(CC(=O)c2ccccc2-c2ccccc2)CCc2ccccc2O1. The summed E-state index contributed by atoms with van der Waals surface area (Å²) in [6, 6.07) is 26.0. The smallest absolute Gasteiger partial charge is 0.167 e. The van der Waals surface area contributed by atoms with Crippen molar-refractivity contribution in [3.05, 3.63) is 90.0 Å². The molecule has 0 amide bonds. The van der Waals surface area contributed by atoms with Gasteiger partial charge in [-0.15, -0.1) is 0 Å². The van der Waals surface area contributed by atoms with Gasteiger partial charge in [-0.25, -0.2) is 0 Å². The van der Waals surface area contributed by atoms with Crippen molar-refractivity contribution < 1.29 is 9.53 Å². The van der Waals surface area contributed by atoms with E-state index in [9.17, 15) is 4.79 Å². The van der Waals surface area contributed by atoms with Crippen molar-refractivity contribution >= 4 is 5.78 Å². The molecule has 0 radical (unpaired) electrons. The summed E-state index contributed by atoms with van der Waals surface area (Å²) in [5.74, 6) is 1.04. The van der Waals surface area contributed by atoms with Crippen LogP contribution in [0.2, 0.25) is 0 Å². The van der Waals surface area contributed by atoms with Crippen LogP contribution in [0.3, 0.4) is 0 Å². The molecule has 0 spiro atoms. The molecule has 2 heteroatoms. The maximum atomic E-state index is 13.1. The minimum Gasteiger partial charge on any atom is -0.487 e. The molecule has 0 saturated heterocycles. The van der Waals surface area contributed by atoms with E-state index in [0.29, 0.717) is 6.42 Å². The normalized spacial score (nSPS) is 18.7. The van der Waals surface area contributed by atoms with E-state index in [4.69, 9.17) is 4.74 Å². The first-order chi connectivity index (χ1) is 12.6. The van der Waals surface area contributed by atoms with Gasteiger partial charge in [0.25, 0.3) is 0 Å². The maximum absolute atomic E-state index is 13.1. The number of para-hydroxylation sites is 1. The zero-order chi connectivity index (χ0) is 18.0. The van der Waals surface area contributed by atoms with Crippen molar-refractivity contribution in [3.8, 4) is 16.9 Å². The van der Waals surface area contributed by atoms with Crippen LogP contribution in [-0.2, 0) is 6.42 Å². The Labute approximate surface area is 154 Å². The molecule has 26 heavy (non-hydrogen) atoms. The highest BCUT2D eigenvalue weighted by atomic mass is 16.5. The number of hydrogen-bond donors (Lipinski definition) is 0. The molecule has 0 N–H and O–H groups in total. The predicted molar refractivity (Wildman–Crippen MR) is 105 cm³/mol. The number of ether oxygens (including phenoxy) is 1. The Morgan fingerprint density at radius 3 is 2.46 bits per heavy atom. The van der Waals surface area contributed by atoms with Crippen molar-refractivity contribution in [3.63, 3.8) is 0 Å². The van der Waals surface area contributed by atoms with Gasteiger partial charge in [-0.3, -0.25) is 4.79 Å². The number of benzene rings is 3. The second kappa shape index (κ2) is 6.80. The molecule has 0 bridgehead atoms. The van der Waals surface area contributed by atoms with Gasteiger partial charge >= 0.3 is 0 Å². The van der Waals surface area contributed by atoms with E-state index in [-0.39, 0.29) is 5.78 Å². The Hall–Kier alpha value is -2.87. The van der Waals surface area contributed by atoms with Crippen LogP contribution in [0.25, 0.3) is 11.1 Å². The molecule has 1 atom stereocenters. The quantitative estimate of drug-likeness (QED) is 0.568. The minimum absolute atomic E-state index is 0.131. The Kier molecular flexibility index (Phi) is 4.34. The summed E-state index contributed by atoms with van der Waals surface area (Å²) < 4.78 is 6.24. The van der Waals surface area contributed by atoms with Gasteiger partial charge in [0.05, 0.1) is 6.42 Å². The van der Waals surface area contributed by atoms with E-state index in [1.807, 2.05) is 79.7 Å². The molecule has 0 aromatic heterocycles. The third kappa shape index (κ3) is 3.28. The largest absolute Gasteiger partial charge is 0.487 e. The molecule has 0 saturated carbocycles. The van der Waals surface area contributed by atoms with E-state index in [0.717, 1.165) is 35.3 Å². The fraction of sp³-hybridized carbons (Fsp3) is 0.208. The first kappa shape index (κ1) is 16.6. The first-order valence-electron chi connectivity index (χ1n) is 9.09. The Morgan fingerprint density at radius 2 is 1.62 bits per heavy atom. The lowest BCUT2D eigenvalue weighted by Gasteiger charge is -2.35. The predicted octanol–water partition coefficient (Wildman–Crippen LogP) is 5.71. The van der Waals surface area contributed by atoms with Crippen LogP contribution in [0, 0.1) is 0 Å². The molecule has 0 fully saturated rings. The van der Waals surface area contributed by atoms with Gasteiger partial charge in [0, 0.05) is 5.56 Å². The summed E-state index contributed by atoms with van der Waals surface area (Å²) in [5, 5.41) is 0. The van der Waals surface area contributed by atoms with Crippen LogP contribution in [0.1, 0.15) is 35.7 Å². The second-order valence-corrected chi connectivity index (χ2v) is 7.17. The van der Waals surface area contributed by atoms with Gasteiger partial charge in [-0.2, -0.15) is 0 Å². The molecule has 1 heterocycles. The summed E-state index contributed by atoms with van der Waals surface area (Å²) in [7, 11) is 0. The standard InChI is InChI=1S/C24H22O2/c1-24(16-15-19-11-5-8-14-23(19)26-24)17-22(25)21-13-7-6-12-20(21)18-9-3-2-4-10-18/h2-14H,15-17H2,1H3. The number of ketones is 1. The number of Topliss-reactive ketones (excluding diaryl/α,β-unsaturated/α-hetero) is 1. The van der Waals surface area contributed by atoms with E-state index >= 15 is 0 Å². The zero-order valence-corrected chi connectivity index (χ0v) is 14.9. The summed E-state index contributed by atoms with van der Waals surface area (Å²) in [6.07, 6.45) is 2.18. The van der Waals surface area contributed by atoms with Gasteiger partial charge < -0.3 is 4.74 Å². The van der Waals surface area contributed by atoms with E-state index in [1.165, 1.54) is 5.56 Å². The van der Waals surface area contributed by atoms with Crippen molar-refractivity contribution in [2.45, 2.75) is 31.8 Å². The maximum Gasteiger partial charge on any atom is 0.167 e. The summed E-state index contributed by atoms with van der Waals surface area (Å²) in [5.41, 5.74) is 3.58. The van der Waals surface area contributed by atoms with Gasteiger partial charge in [0.15, 0.2) is 5.78 Å². The fourth-order valence-corrected chi connectivity index (χ4v) is 3.68. The summed E-state index contributed by atoms with van der Waals surface area (Å²) in [6.45, 7) is 2.05. The molecule has 1 aliphatic rings. The number of rotatable bonds is 4. The van der Waals surface area contributed by atoms with Crippen molar-refractivity contribution in [1.82, 2.24) is 0 Å². The molecule has 1 aliphatic heterocycles. The van der Waals surface area contributed by atoms with Crippen LogP contribution in [0.15, 0.2) is 78.9 Å². The average Bonchev–Trinajstić information content (AvgIpc) is 2.68. The zero-order valence-electron chi connectivity index (χ0n) is 14.9. The summed E-state index contributed by atoms with van der Waals surface area (Å²) in [4.78, 5) is 13.1. The van der Waals surface area contributed by atoms with Gasteiger partial charge in [0.1, 0.15) is 11.4 Å². The van der Waals surface area contributed by atoms with Crippen LogP contribution >= 0.6 is 0 Å². The van der Waals surface area contributed by atoms with E-state index in [2.05, 4.69) is 6.07 Å². The lowest BCUT2D eigenvalue weighted by Crippen LogP contribution is -2.38. The van der Waals surface area contributed by atoms with E-state index in [1.54, 1.807) is 0 Å². The number of aryl methyl sites for hydroxylation is 1. The first-order valence-corrected chi connectivity index (χ1v) is 9.09. The molecule has 3 aromatic carbocycles. The highest BCUT2D eigenvalue weighted by molar-refractivity contribution is 6.02. The number of carbonyl (C=O) groups is 1. The highest BCUT2D eigenvalue weighted by Crippen LogP contribution is 2.36. The molecule has 2 nitrogen and oxygen atoms in total. The molecular weight excluding hydrogens is 320 g/mol. The lowest BCUT2D eigenvalue weighted by molar-refractivity contribution is 0.0494. The Balaban J connectivity index is 1.60. The van der Waals surface area contributed by atoms with Gasteiger partial charge in [0.2, 0.25) is 0 Å². The van der Waals surface area contributed by atoms with Crippen LogP contribution in [0.4, 0.5) is 0 Å². The molecule has 4 rings (SSSR count). The average molecular weight is 342 g/mol. The highest BCUT2D eigenvalue weighted by Gasteiger charge is 2.34. The minimum atomic E-state index is -0.463. The number of carbonyl (C=O) groups excluding carboxylic acids is 1. The van der Waals surface area contributed by atoms with Crippen molar-refractivity contribution in [2.75, 3.05) is 0 Å². The third-order valence-corrected chi connectivity index (χ3v) is 5.10. The molecule has 130 valence electrons. The van der Waals surface area contributed by atoms with Crippen LogP contribution in [0.5, 0.6) is 5.75 Å². The topological polar surface area (TPSA) is 26.3 Å². The monoisotopic (exact) mass is 342 g/mol. The van der Waals surface area contributed by atoms with Gasteiger partial charge in [-0.1, -0.05) is 72.8 Å². The van der Waals surface area contributed by atoms with Crippen LogP contribution < -0.4 is 4.74 Å². The lowest BCUT2D eigenvalue weighted by atomic mass is 9.85. The molecular formula is C24H22O2. The second-order valence-electron chi connectivity index (χ2n) is 7.17. The molecule has 3 aromatic rings. The van der Waals surface area contributed by atoms with Gasteiger partial charge in [-0.05, 0) is 42.5 Å². The Bertz CT molecular complexity index is 930. The fourth-order valence-electron chi connectivity index (χ4n) is 3.68. The Morgan fingerprint density at radius 1 is 0.923 bits per heavy atom. The van der Waals surface area contributed by atoms with E-state index < -0.39 is 5.60 Å². The third-order valence-electron chi connectivity index (χ3n) is 5.10. The van der Waals surface area contributed by atoms with Crippen molar-refractivity contribution in [2.24, 2.45) is 0 Å².